The second-order valence-electron chi connectivity index (χ2n) is 10.3. The molecule has 3 aromatic carbocycles. The lowest BCUT2D eigenvalue weighted by molar-refractivity contribution is 0.101. The largest absolute Gasteiger partial charge is 0.301 e. The molecular weight excluding hydrogens is 591 g/mol. The molecule has 3 heterocycles. The summed E-state index contributed by atoms with van der Waals surface area (Å²) in [6.07, 6.45) is 2.08. The number of hydrogen-bond donors (Lipinski definition) is 0. The first-order valence-electron chi connectivity index (χ1n) is 13.6. The van der Waals surface area contributed by atoms with Crippen molar-refractivity contribution in [2.75, 3.05) is 26.2 Å². The van der Waals surface area contributed by atoms with E-state index >= 15 is 0 Å². The van der Waals surface area contributed by atoms with Crippen LogP contribution in [-0.4, -0.2) is 59.0 Å². The Hall–Kier alpha value is -3.53. The monoisotopic (exact) mass is 618 g/mol. The summed E-state index contributed by atoms with van der Waals surface area (Å²) in [6, 6.07) is 26.2. The summed E-state index contributed by atoms with van der Waals surface area (Å²) in [5.41, 5.74) is 6.44. The Labute approximate surface area is 255 Å². The number of benzene rings is 3. The number of hydrogen-bond acceptors (Lipinski definition) is 5. The molecule has 1 aliphatic heterocycles. The van der Waals surface area contributed by atoms with E-state index in [2.05, 4.69) is 15.5 Å². The van der Waals surface area contributed by atoms with Crippen molar-refractivity contribution in [3.63, 3.8) is 0 Å². The minimum Gasteiger partial charge on any atom is -0.301 e. The summed E-state index contributed by atoms with van der Waals surface area (Å²) in [7, 11) is -3.75. The summed E-state index contributed by atoms with van der Waals surface area (Å²) >= 11 is 12.2. The van der Waals surface area contributed by atoms with Gasteiger partial charge in [0.25, 0.3) is 0 Å². The van der Waals surface area contributed by atoms with Crippen LogP contribution in [0.15, 0.2) is 96.0 Å². The third-order valence-electron chi connectivity index (χ3n) is 7.61. The zero-order valence-corrected chi connectivity index (χ0v) is 25.2. The first kappa shape index (κ1) is 28.6. The number of nitrogens with zero attached hydrogens (tertiary/aromatic N) is 4. The van der Waals surface area contributed by atoms with Crippen LogP contribution >= 0.6 is 23.2 Å². The molecule has 42 heavy (non-hydrogen) atoms. The molecule has 1 fully saturated rings. The van der Waals surface area contributed by atoms with Gasteiger partial charge in [-0.2, -0.15) is 4.31 Å². The first-order valence-corrected chi connectivity index (χ1v) is 15.8. The summed E-state index contributed by atoms with van der Waals surface area (Å²) in [6.45, 7) is 3.94. The third-order valence-corrected chi connectivity index (χ3v) is 10.2. The van der Waals surface area contributed by atoms with Crippen LogP contribution in [0, 0.1) is 0 Å². The minimum atomic E-state index is -3.75. The number of Topliss-reactive ketones (excluding diaryl/α,β-unsaturated/α-hetero) is 1. The smallest absolute Gasteiger partial charge is 0.244 e. The van der Waals surface area contributed by atoms with Gasteiger partial charge in [0.15, 0.2) is 5.78 Å². The number of pyridine rings is 1. The van der Waals surface area contributed by atoms with Gasteiger partial charge in [-0.25, -0.2) is 13.4 Å². The van der Waals surface area contributed by atoms with Crippen molar-refractivity contribution < 1.29 is 13.2 Å². The van der Waals surface area contributed by atoms with Crippen LogP contribution in [0.25, 0.3) is 28.0 Å². The molecule has 0 unspecified atom stereocenters. The number of fused-ring (bicyclic) bond motifs is 1. The second-order valence-corrected chi connectivity index (χ2v) is 13.1. The maximum absolute atomic E-state index is 13.3. The average molecular weight is 620 g/mol. The summed E-state index contributed by atoms with van der Waals surface area (Å²) in [4.78, 5) is 19.1. The van der Waals surface area contributed by atoms with Gasteiger partial charge in [0.1, 0.15) is 10.5 Å². The molecule has 0 saturated carbocycles. The van der Waals surface area contributed by atoms with Crippen molar-refractivity contribution in [3.8, 4) is 22.4 Å². The number of sulfonamides is 1. The fourth-order valence-corrected chi connectivity index (χ4v) is 7.47. The SMILES string of the molecule is CC(=O)c1ccc(-c2ccc3nc(-c4ccccc4)c(CN4CCN(S(=O)(=O)c5ccc(Cl)cc5Cl)CC4)n3c2)cc1. The van der Waals surface area contributed by atoms with Crippen molar-refractivity contribution in [2.45, 2.75) is 18.4 Å². The highest BCUT2D eigenvalue weighted by molar-refractivity contribution is 7.89. The van der Waals surface area contributed by atoms with E-state index in [-0.39, 0.29) is 15.7 Å². The van der Waals surface area contributed by atoms with E-state index < -0.39 is 10.0 Å². The van der Waals surface area contributed by atoms with E-state index in [4.69, 9.17) is 28.2 Å². The van der Waals surface area contributed by atoms with Gasteiger partial charge >= 0.3 is 0 Å². The Morgan fingerprint density at radius 2 is 1.52 bits per heavy atom. The highest BCUT2D eigenvalue weighted by Crippen LogP contribution is 2.31. The van der Waals surface area contributed by atoms with Crippen LogP contribution in [0.1, 0.15) is 23.0 Å². The molecule has 0 amide bonds. The van der Waals surface area contributed by atoms with Crippen molar-refractivity contribution in [1.82, 2.24) is 18.6 Å². The Bertz CT molecular complexity index is 1880. The molecule has 6 rings (SSSR count). The maximum atomic E-state index is 13.3. The summed E-state index contributed by atoms with van der Waals surface area (Å²) < 4.78 is 30.3. The summed E-state index contributed by atoms with van der Waals surface area (Å²) in [5.74, 6) is 0.0329. The van der Waals surface area contributed by atoms with Crippen molar-refractivity contribution >= 4 is 44.7 Å². The number of rotatable bonds is 7. The van der Waals surface area contributed by atoms with Gasteiger partial charge in [-0.1, -0.05) is 77.8 Å². The zero-order valence-electron chi connectivity index (χ0n) is 22.9. The number of ketones is 1. The van der Waals surface area contributed by atoms with Crippen molar-refractivity contribution in [3.05, 3.63) is 112 Å². The Morgan fingerprint density at radius 1 is 0.833 bits per heavy atom. The van der Waals surface area contributed by atoms with E-state index in [1.54, 1.807) is 13.0 Å². The van der Waals surface area contributed by atoms with Gasteiger partial charge in [-0.15, -0.1) is 0 Å². The lowest BCUT2D eigenvalue weighted by Gasteiger charge is -2.34. The Kier molecular flexibility index (Phi) is 7.91. The van der Waals surface area contributed by atoms with E-state index in [9.17, 15) is 13.2 Å². The quantitative estimate of drug-likeness (QED) is 0.190. The van der Waals surface area contributed by atoms with Crippen LogP contribution in [0.4, 0.5) is 0 Å². The number of carbonyl (C=O) groups is 1. The van der Waals surface area contributed by atoms with Crippen LogP contribution in [-0.2, 0) is 16.6 Å². The third kappa shape index (κ3) is 5.61. The topological polar surface area (TPSA) is 75.0 Å². The predicted molar refractivity (Wildman–Crippen MR) is 167 cm³/mol. The number of aromatic nitrogens is 2. The van der Waals surface area contributed by atoms with Crippen LogP contribution in [0.2, 0.25) is 10.0 Å². The number of piperazine rings is 1. The second kappa shape index (κ2) is 11.6. The fourth-order valence-electron chi connectivity index (χ4n) is 5.30. The maximum Gasteiger partial charge on any atom is 0.244 e. The highest BCUT2D eigenvalue weighted by atomic mass is 35.5. The molecule has 1 saturated heterocycles. The first-order chi connectivity index (χ1) is 20.2. The Balaban J connectivity index is 1.30. The lowest BCUT2D eigenvalue weighted by atomic mass is 10.0. The standard InChI is InChI=1S/C32H28Cl2N4O3S/c1-22(39)23-7-9-24(10-8-23)26-11-14-31-35-32(25-5-3-2-4-6-25)29(38(31)20-26)21-36-15-17-37(18-16-36)42(40,41)30-13-12-27(33)19-28(30)34/h2-14,19-20H,15-18,21H2,1H3. The number of halogens is 2. The molecule has 7 nitrogen and oxygen atoms in total. The molecule has 214 valence electrons. The van der Waals surface area contributed by atoms with Crippen LogP contribution < -0.4 is 0 Å². The van der Waals surface area contributed by atoms with Crippen LogP contribution in [0.5, 0.6) is 0 Å². The van der Waals surface area contributed by atoms with Gasteiger partial charge in [0.05, 0.1) is 16.4 Å². The molecule has 0 radical (unpaired) electrons. The van der Waals surface area contributed by atoms with Crippen molar-refractivity contribution in [1.29, 1.82) is 0 Å². The molecular formula is C32H28Cl2N4O3S. The normalized spacial score (nSPS) is 14.8. The van der Waals surface area contributed by atoms with E-state index in [0.717, 1.165) is 33.7 Å². The molecule has 0 atom stereocenters. The molecule has 10 heteroatoms. The number of imidazole rings is 1. The zero-order chi connectivity index (χ0) is 29.4. The molecule has 0 aliphatic carbocycles. The highest BCUT2D eigenvalue weighted by Gasteiger charge is 2.31. The molecule has 0 spiro atoms. The van der Waals surface area contributed by atoms with E-state index in [1.807, 2.05) is 66.7 Å². The van der Waals surface area contributed by atoms with Gasteiger partial charge in [-0.05, 0) is 48.4 Å². The fraction of sp³-hybridized carbons (Fsp3) is 0.188. The Morgan fingerprint density at radius 3 is 2.19 bits per heavy atom. The molecule has 1 aliphatic rings. The molecule has 0 N–H and O–H groups in total. The minimum absolute atomic E-state index is 0.0329. The van der Waals surface area contributed by atoms with E-state index in [0.29, 0.717) is 43.3 Å². The molecule has 2 aromatic heterocycles. The van der Waals surface area contributed by atoms with Crippen LogP contribution in [0.3, 0.4) is 0 Å². The number of carbonyl (C=O) groups excluding carboxylic acids is 1. The van der Waals surface area contributed by atoms with Gasteiger partial charge in [0.2, 0.25) is 10.0 Å². The van der Waals surface area contributed by atoms with Gasteiger partial charge < -0.3 is 4.40 Å². The average Bonchev–Trinajstić information content (AvgIpc) is 3.35. The van der Waals surface area contributed by atoms with E-state index in [1.165, 1.54) is 16.4 Å². The summed E-state index contributed by atoms with van der Waals surface area (Å²) in [5, 5.41) is 0.511. The van der Waals surface area contributed by atoms with Crippen molar-refractivity contribution in [2.24, 2.45) is 0 Å². The van der Waals surface area contributed by atoms with Gasteiger partial charge in [-0.3, -0.25) is 9.69 Å². The molecule has 0 bridgehead atoms. The van der Waals surface area contributed by atoms with Gasteiger partial charge in [0, 0.05) is 55.1 Å². The lowest BCUT2D eigenvalue weighted by Crippen LogP contribution is -2.48. The molecule has 5 aromatic rings. The predicted octanol–water partition coefficient (Wildman–Crippen LogP) is 6.68.